The van der Waals surface area contributed by atoms with Gasteiger partial charge in [0.05, 0.1) is 11.8 Å². The van der Waals surface area contributed by atoms with E-state index >= 15 is 0 Å². The van der Waals surface area contributed by atoms with E-state index in [1.54, 1.807) is 0 Å². The maximum absolute atomic E-state index is 12.7. The maximum atomic E-state index is 12.7. The molecular weight excluding hydrogens is 266 g/mol. The third-order valence-electron chi connectivity index (χ3n) is 5.52. The quantitative estimate of drug-likeness (QED) is 0.849. The molecule has 110 valence electrons. The second-order valence-electron chi connectivity index (χ2n) is 6.68. The molecule has 1 saturated heterocycles. The smallest absolute Gasteiger partial charge is 0.310 e. The number of carbonyl (C=O) groups is 2. The summed E-state index contributed by atoms with van der Waals surface area (Å²) in [5.41, 5.74) is 2.99. The van der Waals surface area contributed by atoms with Gasteiger partial charge in [-0.1, -0.05) is 18.2 Å². The van der Waals surface area contributed by atoms with Gasteiger partial charge in [0.25, 0.3) is 0 Å². The first-order valence-electron chi connectivity index (χ1n) is 7.64. The molecule has 4 heteroatoms. The van der Waals surface area contributed by atoms with E-state index in [2.05, 4.69) is 5.32 Å². The summed E-state index contributed by atoms with van der Waals surface area (Å²) >= 11 is 0. The largest absolute Gasteiger partial charge is 0.462 e. The highest BCUT2D eigenvalue weighted by molar-refractivity contribution is 5.97. The van der Waals surface area contributed by atoms with Gasteiger partial charge in [0.1, 0.15) is 6.10 Å². The number of nitrogens with one attached hydrogen (secondary N) is 1. The number of amides is 1. The number of aryl methyl sites for hydroxylation is 2. The van der Waals surface area contributed by atoms with E-state index in [0.717, 1.165) is 29.7 Å². The van der Waals surface area contributed by atoms with Crippen LogP contribution in [0.15, 0.2) is 18.2 Å². The number of hydrogen-bond donors (Lipinski definition) is 1. The molecule has 2 bridgehead atoms. The van der Waals surface area contributed by atoms with Crippen LogP contribution in [-0.4, -0.2) is 18.0 Å². The number of fused-ring (bicyclic) bond motifs is 1. The van der Waals surface area contributed by atoms with E-state index in [0.29, 0.717) is 5.92 Å². The number of carbonyl (C=O) groups excluding carboxylic acids is 2. The first-order chi connectivity index (χ1) is 10.1. The standard InChI is InChI=1S/C17H19NO3/c1-8-4-3-5-9(2)15(8)18-16(19)13-10-6-11-12(7-10)21-17(20)14(11)13/h3-5,10-14H,6-7H2,1-2H3,(H,18,19)/t10-,11-,12-,13-,14-/m0/s1. The van der Waals surface area contributed by atoms with Crippen molar-refractivity contribution in [2.24, 2.45) is 23.7 Å². The molecule has 1 amide bonds. The van der Waals surface area contributed by atoms with E-state index in [-0.39, 0.29) is 35.7 Å². The Labute approximate surface area is 123 Å². The van der Waals surface area contributed by atoms with Gasteiger partial charge in [-0.05, 0) is 43.7 Å². The van der Waals surface area contributed by atoms with Gasteiger partial charge in [-0.25, -0.2) is 0 Å². The molecule has 1 aromatic carbocycles. The lowest BCUT2D eigenvalue weighted by atomic mass is 9.79. The zero-order valence-corrected chi connectivity index (χ0v) is 12.3. The molecule has 2 saturated carbocycles. The first-order valence-corrected chi connectivity index (χ1v) is 7.64. The molecule has 0 radical (unpaired) electrons. The lowest BCUT2D eigenvalue weighted by molar-refractivity contribution is -0.145. The van der Waals surface area contributed by atoms with Gasteiger partial charge in [-0.2, -0.15) is 0 Å². The predicted octanol–water partition coefficient (Wildman–Crippen LogP) is 2.44. The van der Waals surface area contributed by atoms with Crippen molar-refractivity contribution in [3.63, 3.8) is 0 Å². The number of anilines is 1. The second kappa shape index (κ2) is 4.33. The molecule has 1 aromatic rings. The minimum atomic E-state index is -0.210. The summed E-state index contributed by atoms with van der Waals surface area (Å²) in [5, 5.41) is 3.06. The summed E-state index contributed by atoms with van der Waals surface area (Å²) in [6, 6.07) is 5.96. The fourth-order valence-electron chi connectivity index (χ4n) is 4.58. The molecule has 1 heterocycles. The molecule has 0 unspecified atom stereocenters. The van der Waals surface area contributed by atoms with Crippen LogP contribution in [0, 0.1) is 37.5 Å². The Morgan fingerprint density at radius 1 is 1.24 bits per heavy atom. The van der Waals surface area contributed by atoms with Crippen LogP contribution in [0.3, 0.4) is 0 Å². The SMILES string of the molecule is Cc1cccc(C)c1NC(=O)[C@H]1[C@H]2C[C@@H]3[C@@H]1C(=O)O[C@H]3C2. The van der Waals surface area contributed by atoms with Crippen molar-refractivity contribution in [1.29, 1.82) is 0 Å². The molecule has 2 aliphatic carbocycles. The number of esters is 1. The summed E-state index contributed by atoms with van der Waals surface area (Å²) in [6.45, 7) is 3.98. The molecule has 4 rings (SSSR count). The van der Waals surface area contributed by atoms with Gasteiger partial charge in [0.2, 0.25) is 5.91 Å². The van der Waals surface area contributed by atoms with Crippen molar-refractivity contribution in [2.75, 3.05) is 5.32 Å². The van der Waals surface area contributed by atoms with Crippen molar-refractivity contribution in [3.8, 4) is 0 Å². The molecule has 3 fully saturated rings. The van der Waals surface area contributed by atoms with Crippen LogP contribution >= 0.6 is 0 Å². The highest BCUT2D eigenvalue weighted by atomic mass is 16.6. The van der Waals surface area contributed by atoms with Crippen LogP contribution in [0.4, 0.5) is 5.69 Å². The first kappa shape index (κ1) is 12.9. The molecule has 1 aliphatic heterocycles. The Morgan fingerprint density at radius 3 is 2.67 bits per heavy atom. The Kier molecular flexibility index (Phi) is 2.65. The Morgan fingerprint density at radius 2 is 1.95 bits per heavy atom. The highest BCUT2D eigenvalue weighted by Crippen LogP contribution is 2.57. The van der Waals surface area contributed by atoms with Crippen molar-refractivity contribution in [3.05, 3.63) is 29.3 Å². The summed E-state index contributed by atoms with van der Waals surface area (Å²) in [7, 11) is 0. The Balaban J connectivity index is 1.60. The van der Waals surface area contributed by atoms with Gasteiger partial charge in [-0.3, -0.25) is 9.59 Å². The topological polar surface area (TPSA) is 55.4 Å². The van der Waals surface area contributed by atoms with Crippen LogP contribution in [0.5, 0.6) is 0 Å². The van der Waals surface area contributed by atoms with Crippen molar-refractivity contribution < 1.29 is 14.3 Å². The van der Waals surface area contributed by atoms with Crippen molar-refractivity contribution in [1.82, 2.24) is 0 Å². The van der Waals surface area contributed by atoms with Gasteiger partial charge in [-0.15, -0.1) is 0 Å². The fraction of sp³-hybridized carbons (Fsp3) is 0.529. The fourth-order valence-corrected chi connectivity index (χ4v) is 4.58. The molecule has 3 aliphatic rings. The normalized spacial score (nSPS) is 35.9. The van der Waals surface area contributed by atoms with E-state index in [4.69, 9.17) is 4.74 Å². The molecule has 5 atom stereocenters. The minimum absolute atomic E-state index is 0.0119. The van der Waals surface area contributed by atoms with Crippen LogP contribution in [0.2, 0.25) is 0 Å². The third-order valence-corrected chi connectivity index (χ3v) is 5.52. The van der Waals surface area contributed by atoms with Gasteiger partial charge >= 0.3 is 5.97 Å². The van der Waals surface area contributed by atoms with E-state index in [9.17, 15) is 9.59 Å². The average Bonchev–Trinajstić information content (AvgIpc) is 3.04. The molecule has 21 heavy (non-hydrogen) atoms. The summed E-state index contributed by atoms with van der Waals surface area (Å²) in [5.74, 6) is -0.0100. The third kappa shape index (κ3) is 1.74. The average molecular weight is 285 g/mol. The van der Waals surface area contributed by atoms with Gasteiger partial charge in [0.15, 0.2) is 0 Å². The number of ether oxygens (including phenoxy) is 1. The summed E-state index contributed by atoms with van der Waals surface area (Å²) < 4.78 is 5.40. The van der Waals surface area contributed by atoms with E-state index in [1.807, 2.05) is 32.0 Å². The van der Waals surface area contributed by atoms with Crippen molar-refractivity contribution in [2.45, 2.75) is 32.8 Å². The molecule has 4 nitrogen and oxygen atoms in total. The molecule has 1 N–H and O–H groups in total. The van der Waals surface area contributed by atoms with Crippen LogP contribution in [0.1, 0.15) is 24.0 Å². The Bertz CT molecular complexity index is 617. The lowest BCUT2D eigenvalue weighted by Gasteiger charge is -2.24. The lowest BCUT2D eigenvalue weighted by Crippen LogP contribution is -2.36. The zero-order chi connectivity index (χ0) is 14.7. The summed E-state index contributed by atoms with van der Waals surface area (Å²) in [6.07, 6.45) is 1.90. The van der Waals surface area contributed by atoms with Crippen molar-refractivity contribution >= 4 is 17.6 Å². The van der Waals surface area contributed by atoms with Crippen LogP contribution in [-0.2, 0) is 14.3 Å². The minimum Gasteiger partial charge on any atom is -0.462 e. The maximum Gasteiger partial charge on any atom is 0.310 e. The second-order valence-corrected chi connectivity index (χ2v) is 6.68. The number of para-hydroxylation sites is 1. The Hall–Kier alpha value is -1.84. The van der Waals surface area contributed by atoms with Crippen LogP contribution in [0.25, 0.3) is 0 Å². The number of hydrogen-bond acceptors (Lipinski definition) is 3. The van der Waals surface area contributed by atoms with Gasteiger partial charge in [0, 0.05) is 11.6 Å². The highest BCUT2D eigenvalue weighted by Gasteiger charge is 2.63. The molecule has 0 spiro atoms. The number of rotatable bonds is 2. The van der Waals surface area contributed by atoms with Gasteiger partial charge < -0.3 is 10.1 Å². The van der Waals surface area contributed by atoms with E-state index < -0.39 is 0 Å². The molecule has 0 aromatic heterocycles. The predicted molar refractivity (Wildman–Crippen MR) is 77.6 cm³/mol. The molecular formula is C17H19NO3. The monoisotopic (exact) mass is 285 g/mol. The summed E-state index contributed by atoms with van der Waals surface area (Å²) in [4.78, 5) is 24.7. The van der Waals surface area contributed by atoms with Crippen LogP contribution < -0.4 is 5.32 Å². The number of benzene rings is 1. The van der Waals surface area contributed by atoms with E-state index in [1.165, 1.54) is 0 Å². The zero-order valence-electron chi connectivity index (χ0n) is 12.3.